The third kappa shape index (κ3) is 5.92. The monoisotopic (exact) mass is 384 g/mol. The second kappa shape index (κ2) is 9.66. The largest absolute Gasteiger partial charge is 0.465 e. The van der Waals surface area contributed by atoms with E-state index >= 15 is 0 Å². The van der Waals surface area contributed by atoms with Gasteiger partial charge >= 0.3 is 5.97 Å². The number of hydrogen-bond acceptors (Lipinski definition) is 4. The van der Waals surface area contributed by atoms with Crippen molar-refractivity contribution in [3.8, 4) is 0 Å². The number of quaternary nitrogens is 1. The molecule has 3 N–H and O–H groups in total. The lowest BCUT2D eigenvalue weighted by Crippen LogP contribution is -3.11. The van der Waals surface area contributed by atoms with E-state index in [2.05, 4.69) is 15.4 Å². The molecule has 0 heterocycles. The van der Waals surface area contributed by atoms with E-state index in [1.54, 1.807) is 31.3 Å². The summed E-state index contributed by atoms with van der Waals surface area (Å²) in [4.78, 5) is 36.7. The predicted octanol–water partition coefficient (Wildman–Crippen LogP) is 1.18. The summed E-state index contributed by atoms with van der Waals surface area (Å²) in [6.45, 7) is 4.19. The van der Waals surface area contributed by atoms with Gasteiger partial charge in [-0.25, -0.2) is 4.79 Å². The summed E-state index contributed by atoms with van der Waals surface area (Å²) >= 11 is 0. The molecule has 0 aromatic heterocycles. The van der Waals surface area contributed by atoms with Crippen LogP contribution < -0.4 is 15.5 Å². The van der Waals surface area contributed by atoms with Gasteiger partial charge in [-0.15, -0.1) is 0 Å². The van der Waals surface area contributed by atoms with Crippen molar-refractivity contribution in [1.29, 1.82) is 0 Å². The van der Waals surface area contributed by atoms with Crippen molar-refractivity contribution in [2.24, 2.45) is 0 Å². The van der Waals surface area contributed by atoms with Crippen LogP contribution in [0.4, 0.5) is 11.4 Å². The second-order valence-corrected chi connectivity index (χ2v) is 6.74. The molecule has 0 fully saturated rings. The highest BCUT2D eigenvalue weighted by molar-refractivity contribution is 5.94. The Labute approximate surface area is 164 Å². The number of carbonyl (C=O) groups excluding carboxylic acids is 3. The summed E-state index contributed by atoms with van der Waals surface area (Å²) in [5, 5.41) is 5.67. The van der Waals surface area contributed by atoms with E-state index in [0.29, 0.717) is 11.3 Å². The molecule has 0 aliphatic carbocycles. The molecular weight excluding hydrogens is 358 g/mol. The molecule has 1 unspecified atom stereocenters. The Balaban J connectivity index is 1.85. The standard InChI is InChI=1S/C21H25N3O4/c1-14-6-5-7-15(2)20(14)23-19(26)13-24(3)12-18(25)22-17-10-8-16(9-11-17)21(27)28-4/h5-11H,12-13H2,1-4H3,(H,22,25)(H,23,26)/p+1. The quantitative estimate of drug-likeness (QED) is 0.626. The zero-order chi connectivity index (χ0) is 20.7. The third-order valence-electron chi connectivity index (χ3n) is 4.26. The highest BCUT2D eigenvalue weighted by atomic mass is 16.5. The van der Waals surface area contributed by atoms with Gasteiger partial charge in [0.15, 0.2) is 13.1 Å². The molecule has 0 saturated carbocycles. The summed E-state index contributed by atoms with van der Waals surface area (Å²) in [5.41, 5.74) is 3.80. The summed E-state index contributed by atoms with van der Waals surface area (Å²) in [5.74, 6) is -0.801. The van der Waals surface area contributed by atoms with E-state index in [9.17, 15) is 14.4 Å². The van der Waals surface area contributed by atoms with Crippen LogP contribution >= 0.6 is 0 Å². The van der Waals surface area contributed by atoms with Gasteiger partial charge in [0.2, 0.25) is 0 Å². The van der Waals surface area contributed by atoms with Gasteiger partial charge in [-0.2, -0.15) is 0 Å². The molecule has 1 atom stereocenters. The summed E-state index contributed by atoms with van der Waals surface area (Å²) < 4.78 is 4.64. The van der Waals surface area contributed by atoms with Crippen LogP contribution in [0.15, 0.2) is 42.5 Å². The fourth-order valence-electron chi connectivity index (χ4n) is 2.82. The molecule has 2 aromatic carbocycles. The van der Waals surface area contributed by atoms with Crippen molar-refractivity contribution in [3.63, 3.8) is 0 Å². The minimum Gasteiger partial charge on any atom is -0.465 e. The number of nitrogens with one attached hydrogen (secondary N) is 3. The number of esters is 1. The molecule has 0 saturated heterocycles. The predicted molar refractivity (Wildman–Crippen MR) is 108 cm³/mol. The maximum Gasteiger partial charge on any atom is 0.337 e. The van der Waals surface area contributed by atoms with Crippen LogP contribution in [0.1, 0.15) is 21.5 Å². The van der Waals surface area contributed by atoms with Crippen molar-refractivity contribution < 1.29 is 24.0 Å². The molecular formula is C21H26N3O4+. The molecule has 0 bridgehead atoms. The third-order valence-corrected chi connectivity index (χ3v) is 4.26. The number of hydrogen-bond donors (Lipinski definition) is 3. The Morgan fingerprint density at radius 2 is 1.43 bits per heavy atom. The number of likely N-dealkylation sites (N-methyl/N-ethyl adjacent to an activating group) is 1. The van der Waals surface area contributed by atoms with Gasteiger partial charge in [-0.05, 0) is 49.2 Å². The Bertz CT molecular complexity index is 842. The molecule has 2 amide bonds. The van der Waals surface area contributed by atoms with Crippen molar-refractivity contribution in [3.05, 3.63) is 59.2 Å². The van der Waals surface area contributed by atoms with Gasteiger partial charge in [0.25, 0.3) is 11.8 Å². The Morgan fingerprint density at radius 1 is 0.893 bits per heavy atom. The topological polar surface area (TPSA) is 88.9 Å². The molecule has 2 rings (SSSR count). The average Bonchev–Trinajstić information content (AvgIpc) is 2.64. The fourth-order valence-corrected chi connectivity index (χ4v) is 2.82. The van der Waals surface area contributed by atoms with Gasteiger partial charge < -0.3 is 20.3 Å². The van der Waals surface area contributed by atoms with Crippen LogP contribution in [0.2, 0.25) is 0 Å². The molecule has 0 aliphatic heterocycles. The number of amides is 2. The van der Waals surface area contributed by atoms with E-state index in [1.165, 1.54) is 7.11 Å². The average molecular weight is 384 g/mol. The van der Waals surface area contributed by atoms with Crippen molar-refractivity contribution in [1.82, 2.24) is 0 Å². The van der Waals surface area contributed by atoms with E-state index < -0.39 is 5.97 Å². The lowest BCUT2D eigenvalue weighted by atomic mass is 10.1. The van der Waals surface area contributed by atoms with Crippen LogP contribution in [0.3, 0.4) is 0 Å². The molecule has 148 valence electrons. The Hall–Kier alpha value is -3.19. The molecule has 0 radical (unpaired) electrons. The van der Waals surface area contributed by atoms with Crippen LogP contribution in [-0.2, 0) is 14.3 Å². The molecule has 28 heavy (non-hydrogen) atoms. The first kappa shape index (κ1) is 21.1. The highest BCUT2D eigenvalue weighted by Crippen LogP contribution is 2.18. The number of para-hydroxylation sites is 1. The van der Waals surface area contributed by atoms with Gasteiger partial charge in [-0.3, -0.25) is 9.59 Å². The first-order valence-electron chi connectivity index (χ1n) is 8.95. The van der Waals surface area contributed by atoms with Crippen LogP contribution in [0.5, 0.6) is 0 Å². The fraction of sp³-hybridized carbons (Fsp3) is 0.286. The number of carbonyl (C=O) groups is 3. The maximum absolute atomic E-state index is 12.3. The zero-order valence-corrected chi connectivity index (χ0v) is 16.6. The number of benzene rings is 2. The summed E-state index contributed by atoms with van der Waals surface area (Å²) in [6, 6.07) is 12.3. The Kier molecular flexibility index (Phi) is 7.28. The highest BCUT2D eigenvalue weighted by Gasteiger charge is 2.16. The number of anilines is 2. The summed E-state index contributed by atoms with van der Waals surface area (Å²) in [6.07, 6.45) is 0. The SMILES string of the molecule is COC(=O)c1ccc(NC(=O)C[NH+](C)CC(=O)Nc2c(C)cccc2C)cc1. The number of methoxy groups -OCH3 is 1. The molecule has 0 aliphatic rings. The van der Waals surface area contributed by atoms with Crippen molar-refractivity contribution in [2.75, 3.05) is 37.9 Å². The van der Waals surface area contributed by atoms with Crippen LogP contribution in [0.25, 0.3) is 0 Å². The van der Waals surface area contributed by atoms with Crippen LogP contribution in [0, 0.1) is 13.8 Å². The summed E-state index contributed by atoms with van der Waals surface area (Å²) in [7, 11) is 3.09. The first-order chi connectivity index (χ1) is 13.3. The zero-order valence-electron chi connectivity index (χ0n) is 16.6. The lowest BCUT2D eigenvalue weighted by Gasteiger charge is -2.15. The molecule has 2 aromatic rings. The first-order valence-corrected chi connectivity index (χ1v) is 8.95. The van der Waals surface area contributed by atoms with Gasteiger partial charge in [0.05, 0.1) is 19.7 Å². The van der Waals surface area contributed by atoms with E-state index in [1.807, 2.05) is 32.0 Å². The van der Waals surface area contributed by atoms with E-state index in [4.69, 9.17) is 0 Å². The van der Waals surface area contributed by atoms with Crippen molar-refractivity contribution in [2.45, 2.75) is 13.8 Å². The normalized spacial score (nSPS) is 11.4. The molecule has 7 nitrogen and oxygen atoms in total. The Morgan fingerprint density at radius 3 is 1.96 bits per heavy atom. The van der Waals surface area contributed by atoms with Crippen molar-refractivity contribution >= 4 is 29.2 Å². The minimum atomic E-state index is -0.433. The van der Waals surface area contributed by atoms with Gasteiger partial charge in [0, 0.05) is 11.4 Å². The smallest absolute Gasteiger partial charge is 0.337 e. The molecule has 0 spiro atoms. The lowest BCUT2D eigenvalue weighted by molar-refractivity contribution is -0.862. The van der Waals surface area contributed by atoms with Gasteiger partial charge in [0.1, 0.15) is 0 Å². The second-order valence-electron chi connectivity index (χ2n) is 6.74. The van der Waals surface area contributed by atoms with E-state index in [0.717, 1.165) is 21.7 Å². The number of rotatable bonds is 7. The van der Waals surface area contributed by atoms with Crippen LogP contribution in [-0.4, -0.2) is 45.0 Å². The van der Waals surface area contributed by atoms with E-state index in [-0.39, 0.29) is 24.9 Å². The molecule has 7 heteroatoms. The van der Waals surface area contributed by atoms with Gasteiger partial charge in [-0.1, -0.05) is 18.2 Å². The number of aryl methyl sites for hydroxylation is 2. The number of ether oxygens (including phenoxy) is 1. The maximum atomic E-state index is 12.3. The minimum absolute atomic E-state index is 0.138.